The summed E-state index contributed by atoms with van der Waals surface area (Å²) in [5.74, 6) is -1.01. The summed E-state index contributed by atoms with van der Waals surface area (Å²) < 4.78 is 5.92. The summed E-state index contributed by atoms with van der Waals surface area (Å²) in [6.07, 6.45) is 2.06. The second-order valence-electron chi connectivity index (χ2n) is 4.47. The molecular weight excluding hydrogens is 328 g/mol. The van der Waals surface area contributed by atoms with Gasteiger partial charge in [-0.25, -0.2) is 9.59 Å². The molecule has 7 heteroatoms. The number of nitrogens with one attached hydrogen (secondary N) is 2. The lowest BCUT2D eigenvalue weighted by Crippen LogP contribution is -2.35. The van der Waals surface area contributed by atoms with Gasteiger partial charge in [-0.05, 0) is 47.0 Å². The van der Waals surface area contributed by atoms with Crippen LogP contribution in [0, 0.1) is 0 Å². The SMILES string of the molecule is O=C(NCC1CCCO1)Nc1ccc(C(=O)O)cc1Br. The zero-order chi connectivity index (χ0) is 14.5. The molecule has 2 amide bonds. The predicted octanol–water partition coefficient (Wildman–Crippen LogP) is 2.45. The van der Waals surface area contributed by atoms with Crippen molar-refractivity contribution in [3.05, 3.63) is 28.2 Å². The van der Waals surface area contributed by atoms with Gasteiger partial charge in [0.15, 0.2) is 0 Å². The minimum atomic E-state index is -1.01. The van der Waals surface area contributed by atoms with Crippen LogP contribution < -0.4 is 10.6 Å². The second kappa shape index (κ2) is 6.71. The van der Waals surface area contributed by atoms with E-state index in [1.54, 1.807) is 6.07 Å². The quantitative estimate of drug-likeness (QED) is 0.784. The highest BCUT2D eigenvalue weighted by Crippen LogP contribution is 2.23. The third-order valence-corrected chi connectivity index (χ3v) is 3.63. The number of carbonyl (C=O) groups is 2. The molecule has 0 radical (unpaired) electrons. The summed E-state index contributed by atoms with van der Waals surface area (Å²) in [7, 11) is 0. The molecular formula is C13H15BrN2O4. The Morgan fingerprint density at radius 3 is 2.85 bits per heavy atom. The number of halogens is 1. The number of hydrogen-bond donors (Lipinski definition) is 3. The van der Waals surface area contributed by atoms with Crippen LogP contribution in [0.25, 0.3) is 0 Å². The predicted molar refractivity (Wildman–Crippen MR) is 77.1 cm³/mol. The summed E-state index contributed by atoms with van der Waals surface area (Å²) in [4.78, 5) is 22.5. The zero-order valence-corrected chi connectivity index (χ0v) is 12.3. The van der Waals surface area contributed by atoms with Crippen LogP contribution in [0.4, 0.5) is 10.5 Å². The number of carbonyl (C=O) groups excluding carboxylic acids is 1. The maximum absolute atomic E-state index is 11.7. The van der Waals surface area contributed by atoms with Gasteiger partial charge in [0.25, 0.3) is 0 Å². The molecule has 0 aliphatic carbocycles. The molecule has 0 saturated carbocycles. The normalized spacial score (nSPS) is 17.8. The molecule has 6 nitrogen and oxygen atoms in total. The van der Waals surface area contributed by atoms with Crippen LogP contribution in [0.5, 0.6) is 0 Å². The molecule has 1 fully saturated rings. The largest absolute Gasteiger partial charge is 0.478 e. The fourth-order valence-corrected chi connectivity index (χ4v) is 2.41. The Morgan fingerprint density at radius 1 is 1.45 bits per heavy atom. The van der Waals surface area contributed by atoms with Gasteiger partial charge in [-0.2, -0.15) is 0 Å². The van der Waals surface area contributed by atoms with Gasteiger partial charge in [-0.15, -0.1) is 0 Å². The Bertz CT molecular complexity index is 515. The summed E-state index contributed by atoms with van der Waals surface area (Å²) in [5.41, 5.74) is 0.669. The zero-order valence-electron chi connectivity index (χ0n) is 10.7. The van der Waals surface area contributed by atoms with E-state index < -0.39 is 5.97 Å². The average molecular weight is 343 g/mol. The van der Waals surface area contributed by atoms with Crippen molar-refractivity contribution >= 4 is 33.6 Å². The number of carboxylic acid groups (broad SMARTS) is 1. The minimum absolute atomic E-state index is 0.0820. The Morgan fingerprint density at radius 2 is 2.25 bits per heavy atom. The van der Waals surface area contributed by atoms with Crippen LogP contribution in [0.2, 0.25) is 0 Å². The molecule has 0 aromatic heterocycles. The van der Waals surface area contributed by atoms with E-state index in [2.05, 4.69) is 26.6 Å². The fraction of sp³-hybridized carbons (Fsp3) is 0.385. The number of carboxylic acids is 1. The van der Waals surface area contributed by atoms with E-state index in [9.17, 15) is 9.59 Å². The molecule has 1 aromatic rings. The standard InChI is InChI=1S/C13H15BrN2O4/c14-10-6-8(12(17)18)3-4-11(10)16-13(19)15-7-9-2-1-5-20-9/h3-4,6,9H,1-2,5,7H2,(H,17,18)(H2,15,16,19). The smallest absolute Gasteiger partial charge is 0.335 e. The van der Waals surface area contributed by atoms with Crippen molar-refractivity contribution in [1.29, 1.82) is 0 Å². The molecule has 3 N–H and O–H groups in total. The highest BCUT2D eigenvalue weighted by atomic mass is 79.9. The van der Waals surface area contributed by atoms with Crippen LogP contribution in [0.3, 0.4) is 0 Å². The molecule has 1 saturated heterocycles. The lowest BCUT2D eigenvalue weighted by atomic mass is 10.2. The van der Waals surface area contributed by atoms with Crippen molar-refractivity contribution < 1.29 is 19.4 Å². The molecule has 1 atom stereocenters. The number of ether oxygens (including phenoxy) is 1. The molecule has 0 spiro atoms. The lowest BCUT2D eigenvalue weighted by Gasteiger charge is -2.12. The van der Waals surface area contributed by atoms with Crippen LogP contribution in [0.15, 0.2) is 22.7 Å². The first-order chi connectivity index (χ1) is 9.56. The van der Waals surface area contributed by atoms with Gasteiger partial charge in [-0.3, -0.25) is 0 Å². The first kappa shape index (κ1) is 14.8. The molecule has 1 aliphatic rings. The Labute approximate surface area is 124 Å². The van der Waals surface area contributed by atoms with E-state index in [0.29, 0.717) is 16.7 Å². The van der Waals surface area contributed by atoms with E-state index in [1.165, 1.54) is 12.1 Å². The van der Waals surface area contributed by atoms with Crippen LogP contribution in [-0.2, 0) is 4.74 Å². The van der Waals surface area contributed by atoms with E-state index >= 15 is 0 Å². The third-order valence-electron chi connectivity index (χ3n) is 2.98. The number of rotatable bonds is 4. The molecule has 2 rings (SSSR count). The Balaban J connectivity index is 1.88. The highest BCUT2D eigenvalue weighted by molar-refractivity contribution is 9.10. The minimum Gasteiger partial charge on any atom is -0.478 e. The maximum atomic E-state index is 11.7. The van der Waals surface area contributed by atoms with Gasteiger partial charge >= 0.3 is 12.0 Å². The van der Waals surface area contributed by atoms with Gasteiger partial charge in [0.05, 0.1) is 17.4 Å². The van der Waals surface area contributed by atoms with Gasteiger partial charge < -0.3 is 20.5 Å². The first-order valence-electron chi connectivity index (χ1n) is 6.25. The van der Waals surface area contributed by atoms with E-state index in [4.69, 9.17) is 9.84 Å². The van der Waals surface area contributed by atoms with Gasteiger partial charge in [-0.1, -0.05) is 0 Å². The highest BCUT2D eigenvalue weighted by Gasteiger charge is 2.16. The van der Waals surface area contributed by atoms with E-state index in [0.717, 1.165) is 19.4 Å². The molecule has 20 heavy (non-hydrogen) atoms. The summed E-state index contributed by atoms with van der Waals surface area (Å²) in [5, 5.41) is 14.2. The average Bonchev–Trinajstić information content (AvgIpc) is 2.91. The summed E-state index contributed by atoms with van der Waals surface area (Å²) in [6.45, 7) is 1.22. The maximum Gasteiger partial charge on any atom is 0.335 e. The van der Waals surface area contributed by atoms with E-state index in [-0.39, 0.29) is 17.7 Å². The molecule has 1 heterocycles. The topological polar surface area (TPSA) is 87.7 Å². The fourth-order valence-electron chi connectivity index (χ4n) is 1.93. The number of urea groups is 1. The van der Waals surface area contributed by atoms with Gasteiger partial charge in [0.2, 0.25) is 0 Å². The van der Waals surface area contributed by atoms with Crippen LogP contribution >= 0.6 is 15.9 Å². The van der Waals surface area contributed by atoms with Crippen molar-refractivity contribution in [3.8, 4) is 0 Å². The summed E-state index contributed by atoms with van der Waals surface area (Å²) >= 11 is 3.23. The Hall–Kier alpha value is -1.60. The number of hydrogen-bond acceptors (Lipinski definition) is 3. The number of amides is 2. The summed E-state index contributed by atoms with van der Waals surface area (Å²) in [6, 6.07) is 4.07. The van der Waals surface area contributed by atoms with Crippen molar-refractivity contribution in [2.24, 2.45) is 0 Å². The van der Waals surface area contributed by atoms with Crippen molar-refractivity contribution in [1.82, 2.24) is 5.32 Å². The first-order valence-corrected chi connectivity index (χ1v) is 7.05. The van der Waals surface area contributed by atoms with E-state index in [1.807, 2.05) is 0 Å². The van der Waals surface area contributed by atoms with Crippen LogP contribution in [-0.4, -0.2) is 36.4 Å². The van der Waals surface area contributed by atoms with Gasteiger partial charge in [0.1, 0.15) is 0 Å². The third kappa shape index (κ3) is 3.94. The molecule has 1 aliphatic heterocycles. The number of aromatic carboxylic acids is 1. The van der Waals surface area contributed by atoms with Gasteiger partial charge in [0, 0.05) is 17.6 Å². The molecule has 1 aromatic carbocycles. The number of anilines is 1. The lowest BCUT2D eigenvalue weighted by molar-refractivity contribution is 0.0697. The Kier molecular flexibility index (Phi) is 4.97. The molecule has 1 unspecified atom stereocenters. The molecule has 108 valence electrons. The second-order valence-corrected chi connectivity index (χ2v) is 5.32. The number of benzene rings is 1. The van der Waals surface area contributed by atoms with Crippen LogP contribution in [0.1, 0.15) is 23.2 Å². The molecule has 0 bridgehead atoms. The van der Waals surface area contributed by atoms with Crippen molar-refractivity contribution in [3.63, 3.8) is 0 Å². The van der Waals surface area contributed by atoms with Crippen molar-refractivity contribution in [2.45, 2.75) is 18.9 Å². The van der Waals surface area contributed by atoms with Crippen molar-refractivity contribution in [2.75, 3.05) is 18.5 Å². The monoisotopic (exact) mass is 342 g/mol.